The van der Waals surface area contributed by atoms with Crippen LogP contribution in [0, 0.1) is 12.7 Å². The van der Waals surface area contributed by atoms with E-state index in [0.717, 1.165) is 16.5 Å². The van der Waals surface area contributed by atoms with Crippen molar-refractivity contribution in [1.29, 1.82) is 0 Å². The number of fused-ring (bicyclic) bond motifs is 1. The molecule has 0 radical (unpaired) electrons. The Morgan fingerprint density at radius 1 is 1.05 bits per heavy atom. The maximum atomic E-state index is 13.9. The summed E-state index contributed by atoms with van der Waals surface area (Å²) in [6.45, 7) is 2.05. The SMILES string of the molecule is Cc1cccc(OCc2ccnc3ccccc23)c1F. The molecule has 0 aliphatic heterocycles. The molecule has 0 amide bonds. The van der Waals surface area contributed by atoms with E-state index in [-0.39, 0.29) is 11.6 Å². The fraction of sp³-hybridized carbons (Fsp3) is 0.118. The van der Waals surface area contributed by atoms with Gasteiger partial charge in [0.2, 0.25) is 0 Å². The summed E-state index contributed by atoms with van der Waals surface area (Å²) in [5, 5.41) is 1.03. The van der Waals surface area contributed by atoms with E-state index in [1.807, 2.05) is 30.3 Å². The summed E-state index contributed by atoms with van der Waals surface area (Å²) in [6.07, 6.45) is 1.74. The minimum Gasteiger partial charge on any atom is -0.486 e. The van der Waals surface area contributed by atoms with Crippen LogP contribution >= 0.6 is 0 Å². The molecular weight excluding hydrogens is 253 g/mol. The van der Waals surface area contributed by atoms with Gasteiger partial charge in [-0.1, -0.05) is 30.3 Å². The monoisotopic (exact) mass is 267 g/mol. The van der Waals surface area contributed by atoms with Gasteiger partial charge in [0, 0.05) is 17.1 Å². The van der Waals surface area contributed by atoms with Crippen LogP contribution in [-0.2, 0) is 6.61 Å². The van der Waals surface area contributed by atoms with E-state index in [9.17, 15) is 4.39 Å². The van der Waals surface area contributed by atoms with Crippen LogP contribution in [0.5, 0.6) is 5.75 Å². The Balaban J connectivity index is 1.89. The number of hydrogen-bond acceptors (Lipinski definition) is 2. The summed E-state index contributed by atoms with van der Waals surface area (Å²) >= 11 is 0. The average Bonchev–Trinajstić information content (AvgIpc) is 2.49. The first kappa shape index (κ1) is 12.6. The van der Waals surface area contributed by atoms with Crippen molar-refractivity contribution in [1.82, 2.24) is 4.98 Å². The van der Waals surface area contributed by atoms with Crippen LogP contribution in [0.2, 0.25) is 0 Å². The van der Waals surface area contributed by atoms with Crippen molar-refractivity contribution < 1.29 is 9.13 Å². The zero-order chi connectivity index (χ0) is 13.9. The highest BCUT2D eigenvalue weighted by atomic mass is 19.1. The molecule has 0 N–H and O–H groups in total. The molecule has 0 atom stereocenters. The molecule has 1 heterocycles. The standard InChI is InChI=1S/C17H14FNO/c1-12-5-4-8-16(17(12)18)20-11-13-9-10-19-15-7-3-2-6-14(13)15/h2-10H,11H2,1H3. The summed E-state index contributed by atoms with van der Waals surface area (Å²) in [5.74, 6) is -0.0169. The summed E-state index contributed by atoms with van der Waals surface area (Å²) in [5.41, 5.74) is 2.50. The third kappa shape index (κ3) is 2.35. The number of rotatable bonds is 3. The molecule has 0 unspecified atom stereocenters. The largest absolute Gasteiger partial charge is 0.486 e. The molecule has 0 fully saturated rings. The summed E-state index contributed by atoms with van der Waals surface area (Å²) in [4.78, 5) is 4.30. The number of hydrogen-bond donors (Lipinski definition) is 0. The highest BCUT2D eigenvalue weighted by Crippen LogP contribution is 2.22. The molecule has 0 spiro atoms. The van der Waals surface area contributed by atoms with Crippen LogP contribution in [0.4, 0.5) is 4.39 Å². The zero-order valence-corrected chi connectivity index (χ0v) is 11.1. The number of aromatic nitrogens is 1. The maximum absolute atomic E-state index is 13.9. The van der Waals surface area contributed by atoms with Gasteiger partial charge < -0.3 is 4.74 Å². The summed E-state index contributed by atoms with van der Waals surface area (Å²) in [7, 11) is 0. The van der Waals surface area contributed by atoms with E-state index < -0.39 is 0 Å². The fourth-order valence-corrected chi connectivity index (χ4v) is 2.17. The Bertz CT molecular complexity index is 750. The molecule has 0 saturated carbocycles. The molecule has 0 bridgehead atoms. The van der Waals surface area contributed by atoms with E-state index in [1.165, 1.54) is 0 Å². The Hall–Kier alpha value is -2.42. The maximum Gasteiger partial charge on any atom is 0.167 e. The van der Waals surface area contributed by atoms with Crippen molar-refractivity contribution in [2.45, 2.75) is 13.5 Å². The van der Waals surface area contributed by atoms with Crippen molar-refractivity contribution in [2.75, 3.05) is 0 Å². The van der Waals surface area contributed by atoms with Crippen LogP contribution < -0.4 is 4.74 Å². The second-order valence-corrected chi connectivity index (χ2v) is 4.66. The van der Waals surface area contributed by atoms with E-state index in [0.29, 0.717) is 12.2 Å². The number of halogens is 1. The third-order valence-corrected chi connectivity index (χ3v) is 3.28. The molecule has 0 aliphatic rings. The van der Waals surface area contributed by atoms with Gasteiger partial charge in [-0.15, -0.1) is 0 Å². The van der Waals surface area contributed by atoms with Crippen LogP contribution in [0.15, 0.2) is 54.7 Å². The predicted octanol–water partition coefficient (Wildman–Crippen LogP) is 4.26. The molecule has 0 saturated heterocycles. The molecule has 2 nitrogen and oxygen atoms in total. The number of ether oxygens (including phenoxy) is 1. The van der Waals surface area contributed by atoms with Crippen molar-refractivity contribution in [3.05, 3.63) is 71.7 Å². The molecule has 20 heavy (non-hydrogen) atoms. The van der Waals surface area contributed by atoms with Gasteiger partial charge in [0.25, 0.3) is 0 Å². The Morgan fingerprint density at radius 2 is 1.90 bits per heavy atom. The molecule has 2 aromatic carbocycles. The molecule has 0 aliphatic carbocycles. The lowest BCUT2D eigenvalue weighted by Gasteiger charge is -2.10. The second kappa shape index (κ2) is 5.29. The highest BCUT2D eigenvalue weighted by Gasteiger charge is 2.07. The summed E-state index contributed by atoms with van der Waals surface area (Å²) < 4.78 is 19.5. The van der Waals surface area contributed by atoms with Gasteiger partial charge in [-0.2, -0.15) is 0 Å². The third-order valence-electron chi connectivity index (χ3n) is 3.28. The minimum absolute atomic E-state index is 0.283. The first-order valence-electron chi connectivity index (χ1n) is 6.46. The van der Waals surface area contributed by atoms with Crippen molar-refractivity contribution in [2.24, 2.45) is 0 Å². The lowest BCUT2D eigenvalue weighted by molar-refractivity contribution is 0.291. The first-order chi connectivity index (χ1) is 9.75. The van der Waals surface area contributed by atoms with E-state index in [1.54, 1.807) is 31.3 Å². The van der Waals surface area contributed by atoms with E-state index >= 15 is 0 Å². The fourth-order valence-electron chi connectivity index (χ4n) is 2.17. The molecule has 100 valence electrons. The quantitative estimate of drug-likeness (QED) is 0.707. The minimum atomic E-state index is -0.300. The molecule has 1 aromatic heterocycles. The zero-order valence-electron chi connectivity index (χ0n) is 11.1. The lowest BCUT2D eigenvalue weighted by atomic mass is 10.1. The second-order valence-electron chi connectivity index (χ2n) is 4.66. The number of pyridine rings is 1. The predicted molar refractivity (Wildman–Crippen MR) is 77.2 cm³/mol. The van der Waals surface area contributed by atoms with Crippen LogP contribution in [0.1, 0.15) is 11.1 Å². The van der Waals surface area contributed by atoms with Gasteiger partial charge >= 0.3 is 0 Å². The van der Waals surface area contributed by atoms with Gasteiger partial charge in [0.05, 0.1) is 5.52 Å². The topological polar surface area (TPSA) is 22.1 Å². The van der Waals surface area contributed by atoms with Crippen LogP contribution in [-0.4, -0.2) is 4.98 Å². The van der Waals surface area contributed by atoms with Gasteiger partial charge in [-0.3, -0.25) is 4.98 Å². The Morgan fingerprint density at radius 3 is 2.80 bits per heavy atom. The summed E-state index contributed by atoms with van der Waals surface area (Å²) in [6, 6.07) is 14.9. The number of nitrogens with zero attached hydrogens (tertiary/aromatic N) is 1. The Labute approximate surface area is 116 Å². The van der Waals surface area contributed by atoms with Gasteiger partial charge in [-0.05, 0) is 30.7 Å². The molecule has 3 rings (SSSR count). The smallest absolute Gasteiger partial charge is 0.167 e. The van der Waals surface area contributed by atoms with Crippen molar-refractivity contribution in [3.63, 3.8) is 0 Å². The van der Waals surface area contributed by atoms with Crippen molar-refractivity contribution >= 4 is 10.9 Å². The normalized spacial score (nSPS) is 10.7. The number of para-hydroxylation sites is 1. The highest BCUT2D eigenvalue weighted by molar-refractivity contribution is 5.81. The Kier molecular flexibility index (Phi) is 3.33. The van der Waals surface area contributed by atoms with Gasteiger partial charge in [0.1, 0.15) is 6.61 Å². The molecular formula is C17H14FNO. The number of benzene rings is 2. The van der Waals surface area contributed by atoms with Crippen molar-refractivity contribution in [3.8, 4) is 5.75 Å². The average molecular weight is 267 g/mol. The van der Waals surface area contributed by atoms with Crippen LogP contribution in [0.25, 0.3) is 10.9 Å². The van der Waals surface area contributed by atoms with E-state index in [2.05, 4.69) is 4.98 Å². The van der Waals surface area contributed by atoms with Crippen LogP contribution in [0.3, 0.4) is 0 Å². The van der Waals surface area contributed by atoms with Gasteiger partial charge in [0.15, 0.2) is 11.6 Å². The number of aryl methyl sites for hydroxylation is 1. The van der Waals surface area contributed by atoms with E-state index in [4.69, 9.17) is 4.74 Å². The van der Waals surface area contributed by atoms with Gasteiger partial charge in [-0.25, -0.2) is 4.39 Å². The molecule has 3 heteroatoms. The first-order valence-corrected chi connectivity index (χ1v) is 6.46. The lowest BCUT2D eigenvalue weighted by Crippen LogP contribution is -1.99. The molecule has 3 aromatic rings.